The zero-order valence-corrected chi connectivity index (χ0v) is 6.32. The van der Waals surface area contributed by atoms with E-state index < -0.39 is 0 Å². The van der Waals surface area contributed by atoms with Gasteiger partial charge in [0.25, 0.3) is 0 Å². The monoisotopic (exact) mass is 164 g/mol. The first-order valence-electron chi connectivity index (χ1n) is 3.57. The molecule has 0 amide bonds. The summed E-state index contributed by atoms with van der Waals surface area (Å²) in [7, 11) is 0. The predicted molar refractivity (Wildman–Crippen MR) is 42.4 cm³/mol. The van der Waals surface area contributed by atoms with Crippen LogP contribution in [0.25, 0.3) is 0 Å². The van der Waals surface area contributed by atoms with Crippen LogP contribution in [0.4, 0.5) is 5.82 Å². The Labute approximate surface area is 68.8 Å². The van der Waals surface area contributed by atoms with Crippen molar-refractivity contribution in [1.82, 2.24) is 15.4 Å². The molecule has 0 radical (unpaired) electrons. The van der Waals surface area contributed by atoms with Gasteiger partial charge in [0.1, 0.15) is 6.26 Å². The SMILES string of the molecule is c1cc(CNc2ccon2)[nH]n1. The van der Waals surface area contributed by atoms with Crippen molar-refractivity contribution in [2.75, 3.05) is 5.32 Å². The van der Waals surface area contributed by atoms with Crippen LogP contribution < -0.4 is 5.32 Å². The summed E-state index contributed by atoms with van der Waals surface area (Å²) in [5.74, 6) is 0.726. The number of H-pyrrole nitrogens is 1. The lowest BCUT2D eigenvalue weighted by Crippen LogP contribution is -1.99. The largest absolute Gasteiger partial charge is 0.363 e. The Kier molecular flexibility index (Phi) is 1.77. The van der Waals surface area contributed by atoms with Gasteiger partial charge in [0.05, 0.1) is 12.2 Å². The highest BCUT2D eigenvalue weighted by Gasteiger charge is 1.95. The number of hydrogen-bond acceptors (Lipinski definition) is 4. The summed E-state index contributed by atoms with van der Waals surface area (Å²) in [5, 5.41) is 13.4. The maximum absolute atomic E-state index is 4.65. The van der Waals surface area contributed by atoms with Gasteiger partial charge in [-0.3, -0.25) is 5.10 Å². The van der Waals surface area contributed by atoms with Gasteiger partial charge in [-0.1, -0.05) is 5.16 Å². The maximum Gasteiger partial charge on any atom is 0.169 e. The van der Waals surface area contributed by atoms with Crippen molar-refractivity contribution in [1.29, 1.82) is 0 Å². The average molecular weight is 164 g/mol. The van der Waals surface area contributed by atoms with Crippen molar-refractivity contribution in [3.63, 3.8) is 0 Å². The van der Waals surface area contributed by atoms with Gasteiger partial charge in [-0.25, -0.2) is 0 Å². The number of aromatic amines is 1. The van der Waals surface area contributed by atoms with Gasteiger partial charge in [-0.15, -0.1) is 0 Å². The van der Waals surface area contributed by atoms with Crippen molar-refractivity contribution >= 4 is 5.82 Å². The number of nitrogens with one attached hydrogen (secondary N) is 2. The molecule has 0 fully saturated rings. The van der Waals surface area contributed by atoms with E-state index in [1.807, 2.05) is 6.07 Å². The lowest BCUT2D eigenvalue weighted by atomic mass is 10.4. The van der Waals surface area contributed by atoms with Crippen molar-refractivity contribution in [3.8, 4) is 0 Å². The molecule has 2 rings (SSSR count). The molecule has 0 saturated carbocycles. The zero-order chi connectivity index (χ0) is 8.23. The number of hydrogen-bond donors (Lipinski definition) is 2. The summed E-state index contributed by atoms with van der Waals surface area (Å²) in [6.45, 7) is 0.673. The van der Waals surface area contributed by atoms with Crippen molar-refractivity contribution in [2.45, 2.75) is 6.54 Å². The molecule has 0 aromatic carbocycles. The summed E-state index contributed by atoms with van der Waals surface area (Å²) in [5.41, 5.74) is 1.01. The lowest BCUT2D eigenvalue weighted by Gasteiger charge is -1.97. The van der Waals surface area contributed by atoms with Crippen LogP contribution in [-0.4, -0.2) is 15.4 Å². The lowest BCUT2D eigenvalue weighted by molar-refractivity contribution is 0.422. The molecule has 0 atom stereocenters. The number of rotatable bonds is 3. The fourth-order valence-electron chi connectivity index (χ4n) is 0.873. The van der Waals surface area contributed by atoms with Gasteiger partial charge in [0, 0.05) is 12.3 Å². The van der Waals surface area contributed by atoms with Crippen LogP contribution in [0, 0.1) is 0 Å². The first kappa shape index (κ1) is 6.90. The van der Waals surface area contributed by atoms with Crippen molar-refractivity contribution in [2.24, 2.45) is 0 Å². The van der Waals surface area contributed by atoms with E-state index in [1.54, 1.807) is 12.3 Å². The molecule has 2 heterocycles. The van der Waals surface area contributed by atoms with E-state index in [4.69, 9.17) is 0 Å². The van der Waals surface area contributed by atoms with Crippen molar-refractivity contribution in [3.05, 3.63) is 30.3 Å². The van der Waals surface area contributed by atoms with E-state index in [2.05, 4.69) is 25.2 Å². The normalized spacial score (nSPS) is 10.0. The van der Waals surface area contributed by atoms with Crippen LogP contribution in [0.5, 0.6) is 0 Å². The molecule has 62 valence electrons. The molecular weight excluding hydrogens is 156 g/mol. The minimum absolute atomic E-state index is 0.673. The second-order valence-electron chi connectivity index (χ2n) is 2.32. The first-order chi connectivity index (χ1) is 5.95. The zero-order valence-electron chi connectivity index (χ0n) is 6.32. The highest BCUT2D eigenvalue weighted by molar-refractivity contribution is 5.31. The van der Waals surface area contributed by atoms with Gasteiger partial charge >= 0.3 is 0 Å². The predicted octanol–water partition coefficient (Wildman–Crippen LogP) is 1.01. The Morgan fingerprint density at radius 3 is 3.17 bits per heavy atom. The summed E-state index contributed by atoms with van der Waals surface area (Å²) in [6.07, 6.45) is 3.23. The fourth-order valence-corrected chi connectivity index (χ4v) is 0.873. The van der Waals surface area contributed by atoms with Crippen molar-refractivity contribution < 1.29 is 4.52 Å². The van der Waals surface area contributed by atoms with Gasteiger partial charge in [-0.05, 0) is 6.07 Å². The van der Waals surface area contributed by atoms with Crippen LogP contribution in [0.1, 0.15) is 5.69 Å². The van der Waals surface area contributed by atoms with Crippen LogP contribution in [0.15, 0.2) is 29.1 Å². The molecule has 0 bridgehead atoms. The number of nitrogens with zero attached hydrogens (tertiary/aromatic N) is 2. The van der Waals surface area contributed by atoms with E-state index in [1.165, 1.54) is 6.26 Å². The summed E-state index contributed by atoms with van der Waals surface area (Å²) in [6, 6.07) is 3.66. The van der Waals surface area contributed by atoms with E-state index in [0.717, 1.165) is 11.5 Å². The smallest absolute Gasteiger partial charge is 0.169 e. The highest BCUT2D eigenvalue weighted by atomic mass is 16.5. The van der Waals surface area contributed by atoms with Gasteiger partial charge < -0.3 is 9.84 Å². The van der Waals surface area contributed by atoms with Crippen LogP contribution >= 0.6 is 0 Å². The Morgan fingerprint density at radius 2 is 2.50 bits per heavy atom. The Balaban J connectivity index is 1.91. The first-order valence-corrected chi connectivity index (χ1v) is 3.57. The number of aromatic nitrogens is 3. The van der Waals surface area contributed by atoms with Gasteiger partial charge in [0.2, 0.25) is 0 Å². The Morgan fingerprint density at radius 1 is 1.50 bits per heavy atom. The molecular formula is C7H8N4O. The van der Waals surface area contributed by atoms with Gasteiger partial charge in [-0.2, -0.15) is 5.10 Å². The number of anilines is 1. The molecule has 0 aliphatic carbocycles. The molecule has 5 nitrogen and oxygen atoms in total. The summed E-state index contributed by atoms with van der Waals surface area (Å²) >= 11 is 0. The molecule has 0 unspecified atom stereocenters. The molecule has 2 aromatic heterocycles. The molecule has 0 aliphatic rings. The van der Waals surface area contributed by atoms with E-state index >= 15 is 0 Å². The Bertz CT molecular complexity index is 279. The quantitative estimate of drug-likeness (QED) is 0.710. The molecule has 0 aliphatic heterocycles. The van der Waals surface area contributed by atoms with Crippen LogP contribution in [0.3, 0.4) is 0 Å². The molecule has 2 aromatic rings. The maximum atomic E-state index is 4.65. The highest BCUT2D eigenvalue weighted by Crippen LogP contribution is 2.02. The molecule has 2 N–H and O–H groups in total. The fraction of sp³-hybridized carbons (Fsp3) is 0.143. The minimum Gasteiger partial charge on any atom is -0.363 e. The molecule has 0 saturated heterocycles. The Hall–Kier alpha value is -1.78. The van der Waals surface area contributed by atoms with Crippen LogP contribution in [-0.2, 0) is 6.54 Å². The minimum atomic E-state index is 0.673. The second-order valence-corrected chi connectivity index (χ2v) is 2.32. The topological polar surface area (TPSA) is 66.7 Å². The summed E-state index contributed by atoms with van der Waals surface area (Å²) in [4.78, 5) is 0. The average Bonchev–Trinajstić information content (AvgIpc) is 2.74. The second kappa shape index (κ2) is 3.08. The standard InChI is InChI=1S/C7H8N4O/c1-3-9-10-6(1)5-8-7-2-4-12-11-7/h1-4H,5H2,(H,8,11)(H,9,10). The summed E-state index contributed by atoms with van der Waals surface area (Å²) < 4.78 is 4.65. The van der Waals surface area contributed by atoms with Gasteiger partial charge in [0.15, 0.2) is 5.82 Å². The molecule has 0 spiro atoms. The van der Waals surface area contributed by atoms with E-state index in [-0.39, 0.29) is 0 Å². The molecule has 5 heteroatoms. The van der Waals surface area contributed by atoms with E-state index in [0.29, 0.717) is 6.54 Å². The van der Waals surface area contributed by atoms with E-state index in [9.17, 15) is 0 Å². The third-order valence-electron chi connectivity index (χ3n) is 1.46. The third kappa shape index (κ3) is 1.45. The molecule has 12 heavy (non-hydrogen) atoms. The van der Waals surface area contributed by atoms with Crippen LogP contribution in [0.2, 0.25) is 0 Å². The third-order valence-corrected chi connectivity index (χ3v) is 1.46.